The fourth-order valence-corrected chi connectivity index (χ4v) is 4.53. The Labute approximate surface area is 164 Å². The minimum absolute atomic E-state index is 0.0702. The molecule has 2 aromatic rings. The van der Waals surface area contributed by atoms with Gasteiger partial charge in [0.1, 0.15) is 5.75 Å². The van der Waals surface area contributed by atoms with E-state index in [1.165, 1.54) is 26.2 Å². The molecule has 0 atom stereocenters. The highest BCUT2D eigenvalue weighted by Gasteiger charge is 2.37. The fourth-order valence-electron chi connectivity index (χ4n) is 3.27. The Morgan fingerprint density at radius 3 is 2.56 bits per heavy atom. The number of halogens is 1. The Morgan fingerprint density at radius 1 is 1.22 bits per heavy atom. The summed E-state index contributed by atoms with van der Waals surface area (Å²) in [6.45, 7) is 5.98. The van der Waals surface area contributed by atoms with Crippen LogP contribution in [0.3, 0.4) is 0 Å². The van der Waals surface area contributed by atoms with Crippen LogP contribution in [-0.2, 0) is 20.2 Å². The Balaban J connectivity index is 2.02. The van der Waals surface area contributed by atoms with Crippen LogP contribution in [0, 0.1) is 0 Å². The minimum Gasteiger partial charge on any atom is -0.495 e. The van der Waals surface area contributed by atoms with E-state index in [0.717, 1.165) is 11.3 Å². The van der Waals surface area contributed by atoms with Crippen LogP contribution in [0.4, 0.5) is 11.4 Å². The van der Waals surface area contributed by atoms with Gasteiger partial charge in [0.15, 0.2) is 0 Å². The van der Waals surface area contributed by atoms with E-state index in [9.17, 15) is 13.2 Å². The van der Waals surface area contributed by atoms with E-state index in [1.54, 1.807) is 29.2 Å². The topological polar surface area (TPSA) is 75.7 Å². The number of nitrogens with one attached hydrogen (secondary N) is 1. The number of hydrogen-bond donors (Lipinski definition) is 1. The van der Waals surface area contributed by atoms with Crippen LogP contribution >= 0.6 is 11.6 Å². The summed E-state index contributed by atoms with van der Waals surface area (Å²) in [7, 11) is -2.41. The third kappa shape index (κ3) is 3.61. The molecule has 0 aliphatic carbocycles. The van der Waals surface area contributed by atoms with Crippen LogP contribution in [0.5, 0.6) is 5.75 Å². The molecule has 27 heavy (non-hydrogen) atoms. The highest BCUT2D eigenvalue weighted by atomic mass is 35.5. The van der Waals surface area contributed by atoms with Gasteiger partial charge in [-0.05, 0) is 42.0 Å². The first-order valence-electron chi connectivity index (χ1n) is 8.34. The predicted octanol–water partition coefficient (Wildman–Crippen LogP) is 3.79. The second-order valence-corrected chi connectivity index (χ2v) is 9.24. The highest BCUT2D eigenvalue weighted by molar-refractivity contribution is 7.92. The van der Waals surface area contributed by atoms with Gasteiger partial charge in [0.25, 0.3) is 10.0 Å². The van der Waals surface area contributed by atoms with Crippen LogP contribution < -0.4 is 14.4 Å². The summed E-state index contributed by atoms with van der Waals surface area (Å²) < 4.78 is 33.6. The fraction of sp³-hybridized carbons (Fsp3) is 0.316. The maximum Gasteiger partial charge on any atom is 0.262 e. The molecule has 0 saturated carbocycles. The summed E-state index contributed by atoms with van der Waals surface area (Å²) in [5, 5.41) is 0.390. The van der Waals surface area contributed by atoms with Gasteiger partial charge in [-0.25, -0.2) is 8.42 Å². The van der Waals surface area contributed by atoms with Gasteiger partial charge < -0.3 is 9.64 Å². The summed E-state index contributed by atoms with van der Waals surface area (Å²) in [6, 6.07) is 9.50. The molecule has 1 amide bonds. The lowest BCUT2D eigenvalue weighted by Gasteiger charge is -2.19. The number of carbonyl (C=O) groups is 1. The summed E-state index contributed by atoms with van der Waals surface area (Å²) >= 11 is 5.98. The van der Waals surface area contributed by atoms with Crippen molar-refractivity contribution in [1.82, 2.24) is 0 Å². The number of fused-ring (bicyclic) bond motifs is 1. The summed E-state index contributed by atoms with van der Waals surface area (Å²) in [4.78, 5) is 13.7. The molecule has 144 valence electrons. The van der Waals surface area contributed by atoms with Crippen molar-refractivity contribution >= 4 is 38.9 Å². The molecular formula is C19H21ClN2O4S. The van der Waals surface area contributed by atoms with E-state index in [1.807, 2.05) is 13.8 Å². The van der Waals surface area contributed by atoms with Crippen molar-refractivity contribution in [3.63, 3.8) is 0 Å². The molecule has 1 aliphatic heterocycles. The first kappa shape index (κ1) is 19.5. The Kier molecular flexibility index (Phi) is 4.86. The summed E-state index contributed by atoms with van der Waals surface area (Å²) in [5.41, 5.74) is 1.47. The first-order valence-corrected chi connectivity index (χ1v) is 10.2. The molecule has 0 aromatic heterocycles. The van der Waals surface area contributed by atoms with Crippen molar-refractivity contribution in [3.05, 3.63) is 47.0 Å². The van der Waals surface area contributed by atoms with Crippen LogP contribution in [0.2, 0.25) is 5.02 Å². The van der Waals surface area contributed by atoms with Crippen molar-refractivity contribution < 1.29 is 17.9 Å². The van der Waals surface area contributed by atoms with E-state index in [4.69, 9.17) is 16.3 Å². The molecule has 0 fully saturated rings. The van der Waals surface area contributed by atoms with Crippen LogP contribution in [0.25, 0.3) is 0 Å². The number of amides is 1. The highest BCUT2D eigenvalue weighted by Crippen LogP contribution is 2.42. The van der Waals surface area contributed by atoms with Crippen molar-refractivity contribution in [2.24, 2.45) is 0 Å². The van der Waals surface area contributed by atoms with Gasteiger partial charge in [0, 0.05) is 29.6 Å². The van der Waals surface area contributed by atoms with E-state index in [2.05, 4.69) is 4.72 Å². The largest absolute Gasteiger partial charge is 0.495 e. The van der Waals surface area contributed by atoms with Gasteiger partial charge in [-0.2, -0.15) is 0 Å². The molecule has 1 N–H and O–H groups in total. The number of methoxy groups -OCH3 is 1. The van der Waals surface area contributed by atoms with Crippen molar-refractivity contribution in [2.75, 3.05) is 23.3 Å². The Hall–Kier alpha value is -2.25. The number of ether oxygens (including phenoxy) is 1. The number of nitrogens with zero attached hydrogens (tertiary/aromatic N) is 1. The number of benzene rings is 2. The Bertz CT molecular complexity index is 1020. The summed E-state index contributed by atoms with van der Waals surface area (Å²) in [6.07, 6.45) is 0. The van der Waals surface area contributed by atoms with Crippen LogP contribution in [-0.4, -0.2) is 28.0 Å². The minimum atomic E-state index is -3.86. The number of anilines is 2. The lowest BCUT2D eigenvalue weighted by molar-refractivity contribution is -0.116. The summed E-state index contributed by atoms with van der Waals surface area (Å²) in [5.74, 6) is 0.298. The third-order valence-corrected chi connectivity index (χ3v) is 6.24. The van der Waals surface area contributed by atoms with Gasteiger partial charge in [-0.3, -0.25) is 9.52 Å². The van der Waals surface area contributed by atoms with Gasteiger partial charge in [-0.15, -0.1) is 0 Å². The normalized spacial score (nSPS) is 15.4. The molecule has 1 aliphatic rings. The number of sulfonamides is 1. The predicted molar refractivity (Wildman–Crippen MR) is 106 cm³/mol. The van der Waals surface area contributed by atoms with E-state index < -0.39 is 10.0 Å². The molecule has 2 aromatic carbocycles. The van der Waals surface area contributed by atoms with E-state index in [0.29, 0.717) is 17.3 Å². The SMILES string of the molecule is COc1ccc(Cl)cc1NS(=O)(=O)c1ccc2c(c1)C(C)(C)CN2C(C)=O. The lowest BCUT2D eigenvalue weighted by Crippen LogP contribution is -2.31. The molecule has 6 nitrogen and oxygen atoms in total. The third-order valence-electron chi connectivity index (χ3n) is 4.64. The number of hydrogen-bond acceptors (Lipinski definition) is 4. The molecule has 1 heterocycles. The second kappa shape index (κ2) is 6.73. The van der Waals surface area contributed by atoms with Crippen LogP contribution in [0.15, 0.2) is 41.3 Å². The van der Waals surface area contributed by atoms with E-state index in [-0.39, 0.29) is 21.9 Å². The number of rotatable bonds is 4. The molecule has 0 unspecified atom stereocenters. The quantitative estimate of drug-likeness (QED) is 0.834. The van der Waals surface area contributed by atoms with Gasteiger partial charge in [0.2, 0.25) is 5.91 Å². The zero-order valence-corrected chi connectivity index (χ0v) is 17.1. The number of carbonyl (C=O) groups excluding carboxylic acids is 1. The molecule has 8 heteroatoms. The molecule has 0 bridgehead atoms. The van der Waals surface area contributed by atoms with Crippen LogP contribution in [0.1, 0.15) is 26.3 Å². The maximum absolute atomic E-state index is 12.9. The van der Waals surface area contributed by atoms with Crippen molar-refractivity contribution in [1.29, 1.82) is 0 Å². The lowest BCUT2D eigenvalue weighted by atomic mass is 9.87. The maximum atomic E-state index is 12.9. The van der Waals surface area contributed by atoms with E-state index >= 15 is 0 Å². The smallest absolute Gasteiger partial charge is 0.262 e. The molecule has 0 saturated heterocycles. The second-order valence-electron chi connectivity index (χ2n) is 7.12. The van der Waals surface area contributed by atoms with Crippen molar-refractivity contribution in [3.8, 4) is 5.75 Å². The monoisotopic (exact) mass is 408 g/mol. The van der Waals surface area contributed by atoms with Gasteiger partial charge in [-0.1, -0.05) is 25.4 Å². The molecule has 0 spiro atoms. The average Bonchev–Trinajstić information content (AvgIpc) is 2.86. The van der Waals surface area contributed by atoms with Crippen molar-refractivity contribution in [2.45, 2.75) is 31.1 Å². The molecule has 3 rings (SSSR count). The molecule has 0 radical (unpaired) electrons. The average molecular weight is 409 g/mol. The van der Waals surface area contributed by atoms with Gasteiger partial charge in [0.05, 0.1) is 17.7 Å². The molecular weight excluding hydrogens is 388 g/mol. The zero-order chi connectivity index (χ0) is 20.0. The zero-order valence-electron chi connectivity index (χ0n) is 15.5. The van der Waals surface area contributed by atoms with Gasteiger partial charge >= 0.3 is 0 Å². The first-order chi connectivity index (χ1) is 12.5. The standard InChI is InChI=1S/C19H21ClN2O4S/c1-12(23)22-11-19(2,3)15-10-14(6-7-17(15)22)27(24,25)21-16-9-13(20)5-8-18(16)26-4/h5-10,21H,11H2,1-4H3. The Morgan fingerprint density at radius 2 is 1.93 bits per heavy atom.